The molecule has 56 atom stereocenters. The minimum atomic E-state index is -5.54. The fourth-order valence-corrected chi connectivity index (χ4v) is 19.0. The van der Waals surface area contributed by atoms with Crippen molar-refractivity contribution in [1.29, 1.82) is 0 Å². The molecule has 0 saturated carbocycles. The number of ether oxygens (including phenoxy) is 21. The summed E-state index contributed by atoms with van der Waals surface area (Å²) in [6.45, 7) is -6.59. The molecular formula is C79H131N5O61S. The Balaban J connectivity index is 0.912. The molecule has 11 heterocycles. The molecule has 0 radical (unpaired) electrons. The van der Waals surface area contributed by atoms with Crippen LogP contribution in [0.25, 0.3) is 0 Å². The highest BCUT2D eigenvalue weighted by atomic mass is 32.3. The lowest BCUT2D eigenvalue weighted by Crippen LogP contribution is -2.71. The van der Waals surface area contributed by atoms with Gasteiger partial charge in [-0.05, 0) is 6.92 Å². The summed E-state index contributed by atoms with van der Waals surface area (Å²) in [4.78, 5) is 77.6. The van der Waals surface area contributed by atoms with Crippen molar-refractivity contribution >= 4 is 45.9 Å². The molecule has 11 fully saturated rings. The van der Waals surface area contributed by atoms with Crippen molar-refractivity contribution in [2.75, 3.05) is 66.1 Å². The van der Waals surface area contributed by atoms with Gasteiger partial charge >= 0.3 is 16.4 Å². The summed E-state index contributed by atoms with van der Waals surface area (Å²) in [5, 5.41) is 350. The fourth-order valence-electron chi connectivity index (χ4n) is 18.5. The summed E-state index contributed by atoms with van der Waals surface area (Å²) in [7, 11) is -5.54. The minimum absolute atomic E-state index is 0.836. The van der Waals surface area contributed by atoms with E-state index in [2.05, 4.69) is 30.8 Å². The number of aliphatic carboxylic acids is 1. The van der Waals surface area contributed by atoms with Crippen molar-refractivity contribution in [2.45, 2.75) is 391 Å². The van der Waals surface area contributed by atoms with Crippen LogP contribution in [0.2, 0.25) is 0 Å². The molecule has 66 nitrogen and oxygen atoms in total. The summed E-state index contributed by atoms with van der Waals surface area (Å²) in [6, 6.07) is -9.89. The average molecular weight is 2160 g/mol. The van der Waals surface area contributed by atoms with Gasteiger partial charge < -0.3 is 279 Å². The largest absolute Gasteiger partial charge is 0.477 e. The van der Waals surface area contributed by atoms with Gasteiger partial charge in [0.05, 0.1) is 84.3 Å². The van der Waals surface area contributed by atoms with Gasteiger partial charge in [0.15, 0.2) is 62.9 Å². The highest BCUT2D eigenvalue weighted by molar-refractivity contribution is 7.80. The number of carbonyl (C=O) groups is 6. The minimum Gasteiger partial charge on any atom is -0.477 e. The molecule has 11 saturated heterocycles. The van der Waals surface area contributed by atoms with Gasteiger partial charge in [0.2, 0.25) is 29.5 Å². The van der Waals surface area contributed by atoms with Crippen molar-refractivity contribution in [3.8, 4) is 0 Å². The highest BCUT2D eigenvalue weighted by Gasteiger charge is 2.64. The molecule has 844 valence electrons. The van der Waals surface area contributed by atoms with Gasteiger partial charge in [-0.1, -0.05) is 0 Å². The number of hydrogen-bond donors (Lipinski definition) is 36. The molecule has 11 aliphatic heterocycles. The van der Waals surface area contributed by atoms with Crippen LogP contribution in [0.4, 0.5) is 0 Å². The van der Waals surface area contributed by atoms with Crippen LogP contribution in [0.1, 0.15) is 48.0 Å². The molecule has 67 heteroatoms. The number of nitrogens with one attached hydrogen (secondary N) is 5. The average Bonchev–Trinajstić information content (AvgIpc) is 0.763. The SMILES string of the molecule is CC(=O)N[C@H]1[C@H](O[C@H]2[C@H](O)[C@@H](NC(C)=O)C(O)O[C@@H]2CO[C@@H]2O[C@@H](C)[C@@H](O)[C@@H](O)[C@@H]2O)O[C@H](CO)[C@@H](O[C@@H]2O[C@H](CO[C@H]3O[C@H](CO)[C@@H](O)[C@H](O)[C@@H]3O[C@@H]3O[C@H](CO)[C@@H](O[C@@H]4O[C@H](CO)[C@H](O)[C@H](OS(=O)(=O)O)[C@H]4O)[C@H](O)[C@H]3NC(C)=O)[C@@H](O)[C@H](O[C@H]3O[C@H](CO)[C@@H](O)[C@H](O)[C@@H]3O[C@@H]3O[C@H](CO)[C@@H](O[C@@H]4O[C@H](CO[C@]5(C(=O)O)C[C@H](O)[C@@H](NC(C)=O)[C@H]([C@H](O)[C@H](O)CO)O5)[C@H](O)[C@H](O)[C@H]4O)[C@H](O)[C@H]3NC(C)=O)[C@@H]2O)[C@@H]1O. The predicted molar refractivity (Wildman–Crippen MR) is 447 cm³/mol. The molecule has 146 heavy (non-hydrogen) atoms. The predicted octanol–water partition coefficient (Wildman–Crippen LogP) is -24.2. The second-order valence-electron chi connectivity index (χ2n) is 36.5. The van der Waals surface area contributed by atoms with Crippen molar-refractivity contribution in [3.63, 3.8) is 0 Å². The molecule has 5 amide bonds. The van der Waals surface area contributed by atoms with Crippen LogP contribution in [0, 0.1) is 0 Å². The third kappa shape index (κ3) is 27.4. The van der Waals surface area contributed by atoms with Crippen LogP contribution in [0.3, 0.4) is 0 Å². The smallest absolute Gasteiger partial charge is 0.397 e. The first-order valence-electron chi connectivity index (χ1n) is 45.8. The van der Waals surface area contributed by atoms with Crippen LogP contribution in [0.15, 0.2) is 0 Å². The molecule has 0 aromatic rings. The molecule has 0 bridgehead atoms. The Morgan fingerprint density at radius 2 is 0.658 bits per heavy atom. The Hall–Kier alpha value is -5.31. The Kier molecular flexibility index (Phi) is 42.9. The number of carboxylic acids is 1. The van der Waals surface area contributed by atoms with E-state index in [1.807, 2.05) is 0 Å². The number of carboxylic acid groups (broad SMARTS) is 1. The molecular weight excluding hydrogens is 2030 g/mol. The van der Waals surface area contributed by atoms with Gasteiger partial charge in [0.25, 0.3) is 5.79 Å². The zero-order valence-corrected chi connectivity index (χ0v) is 78.9. The first-order valence-corrected chi connectivity index (χ1v) is 47.2. The fraction of sp³-hybridized carbons (Fsp3) is 0.924. The molecule has 0 spiro atoms. The zero-order chi connectivity index (χ0) is 108. The van der Waals surface area contributed by atoms with E-state index in [4.69, 9.17) is 99.5 Å². The number of carbonyl (C=O) groups excluding carboxylic acids is 5. The third-order valence-corrected chi connectivity index (χ3v) is 26.6. The summed E-state index contributed by atoms with van der Waals surface area (Å²) >= 11 is 0. The molecule has 0 aliphatic carbocycles. The van der Waals surface area contributed by atoms with Gasteiger partial charge in [-0.3, -0.25) is 28.5 Å². The number of rotatable bonds is 40. The van der Waals surface area contributed by atoms with E-state index >= 15 is 0 Å². The second kappa shape index (κ2) is 51.8. The molecule has 11 rings (SSSR count). The van der Waals surface area contributed by atoms with Gasteiger partial charge in [-0.15, -0.1) is 0 Å². The van der Waals surface area contributed by atoms with Crippen molar-refractivity contribution in [1.82, 2.24) is 26.6 Å². The molecule has 1 unspecified atom stereocenters. The number of hydrogen-bond acceptors (Lipinski definition) is 59. The second-order valence-corrected chi connectivity index (χ2v) is 37.5. The quantitative estimate of drug-likeness (QED) is 0.0253. The van der Waals surface area contributed by atoms with Crippen LogP contribution in [-0.4, -0.2) is 611 Å². The standard InChI is InChI=1S/C79H131N5O61S/c1-18-40(99)51(110)55(114)72(127-18)124-16-34-62(47(106)36(68(118)128-34)81-20(3)93)137-69-37(82-21(4)94)48(107)60(30(13-90)132-69)139-74-57(116)64(46(105)32(135-74)15-125-76-66(53(112)42(101)26(9-86)130-76)142-70-38(83-22(5)95)50(109)61(31(14-91)133-70)140-75-58(117)65(145-146(121,122)123)45(104)28(11-88)129-75)141-77-67(54(113)43(102)27(10-87)131-77)143-71-39(84-23(6)96)49(108)59(29(12-89)134-71)138-73-56(115)52(111)44(103)33(136-73)17-126-79(78(119)120)7-24(97)35(80-19(2)92)63(144-79)41(100)25(98)8-85/h18,24-77,85-91,97-118H,7-17H2,1-6H3,(H,80,92)(H,81,93)(H,82,94)(H,83,95)(H,84,96)(H,119,120)(H,121,122,123)/t18-,24-,25+,26+,27+,28+,29+,30+,31+,32+,33+,34+,35+,36+,37+,38+,39+,40+,41+,42+,43+,44-,45-,46+,47+,48+,49+,50+,51+,52-,53-,54-,55-,56+,57-,58+,59+,60+,61+,62+,63+,64-,65-,66-,67-,68?,69-,70-,71-,72+,73-,74-,75-,76-,77+,79+/m0/s1. The van der Waals surface area contributed by atoms with E-state index in [0.29, 0.717) is 0 Å². The molecule has 11 aliphatic rings. The van der Waals surface area contributed by atoms with E-state index < -0.39 is 461 Å². The van der Waals surface area contributed by atoms with Gasteiger partial charge in [-0.2, -0.15) is 8.42 Å². The maximum atomic E-state index is 13.4. The summed E-state index contributed by atoms with van der Waals surface area (Å²) in [5.74, 6) is -10.2. The number of aliphatic hydroxyl groups is 29. The number of amides is 5. The van der Waals surface area contributed by atoms with Gasteiger partial charge in [-0.25, -0.2) is 8.98 Å². The zero-order valence-electron chi connectivity index (χ0n) is 78.1. The van der Waals surface area contributed by atoms with Crippen LogP contribution < -0.4 is 26.6 Å². The van der Waals surface area contributed by atoms with E-state index in [-0.39, 0.29) is 0 Å². The van der Waals surface area contributed by atoms with E-state index in [9.17, 15) is 195 Å². The first-order chi connectivity index (χ1) is 68.6. The third-order valence-electron chi connectivity index (χ3n) is 26.1. The summed E-state index contributed by atoms with van der Waals surface area (Å²) in [5.41, 5.74) is 0. The van der Waals surface area contributed by atoms with E-state index in [0.717, 1.165) is 34.6 Å². The Morgan fingerprint density at radius 3 is 1.10 bits per heavy atom. The molecule has 36 N–H and O–H groups in total. The Morgan fingerprint density at radius 1 is 0.329 bits per heavy atom. The van der Waals surface area contributed by atoms with Crippen molar-refractivity contribution in [3.05, 3.63) is 0 Å². The van der Waals surface area contributed by atoms with Crippen LogP contribution >= 0.6 is 0 Å². The van der Waals surface area contributed by atoms with E-state index in [1.54, 1.807) is 0 Å². The Bertz CT molecular complexity index is 4300. The van der Waals surface area contributed by atoms with Crippen molar-refractivity contribution in [2.24, 2.45) is 0 Å². The maximum Gasteiger partial charge on any atom is 0.397 e. The lowest BCUT2D eigenvalue weighted by atomic mass is 9.88. The molecule has 0 aromatic heterocycles. The molecule has 0 aromatic carbocycles. The normalized spacial score (nSPS) is 47.2. The van der Waals surface area contributed by atoms with Gasteiger partial charge in [0.1, 0.15) is 256 Å². The Labute approximate surface area is 825 Å². The summed E-state index contributed by atoms with van der Waals surface area (Å²) in [6.07, 6.45) is -113. The maximum absolute atomic E-state index is 13.4. The first kappa shape index (κ1) is 121. The monoisotopic (exact) mass is 2160 g/mol. The lowest BCUT2D eigenvalue weighted by molar-refractivity contribution is -0.399. The van der Waals surface area contributed by atoms with Crippen LogP contribution in [-0.2, 0) is 143 Å². The number of aliphatic hydroxyl groups excluding tert-OH is 29. The lowest BCUT2D eigenvalue weighted by Gasteiger charge is -2.51. The topological polar surface area (TPSA) is 1030 Å². The van der Waals surface area contributed by atoms with E-state index in [1.165, 1.54) is 6.92 Å². The van der Waals surface area contributed by atoms with Crippen molar-refractivity contribution < 1.29 is 299 Å². The van der Waals surface area contributed by atoms with Gasteiger partial charge in [0, 0.05) is 41.0 Å². The highest BCUT2D eigenvalue weighted by Crippen LogP contribution is 2.43. The van der Waals surface area contributed by atoms with Crippen LogP contribution in [0.5, 0.6) is 0 Å². The summed E-state index contributed by atoms with van der Waals surface area (Å²) < 4.78 is 162.